The fraction of sp³-hybridized carbons (Fsp3) is 0.500. The van der Waals surface area contributed by atoms with Crippen molar-refractivity contribution in [3.05, 3.63) is 35.9 Å². The van der Waals surface area contributed by atoms with Crippen LogP contribution < -0.4 is 0 Å². The monoisotopic (exact) mass is 192 g/mol. The third-order valence-corrected chi connectivity index (χ3v) is 2.75. The number of benzene rings is 1. The summed E-state index contributed by atoms with van der Waals surface area (Å²) in [7, 11) is 0. The molecule has 0 N–H and O–H groups in total. The summed E-state index contributed by atoms with van der Waals surface area (Å²) in [5.41, 5.74) is 1.36. The standard InChI is InChI=1S/C12H16O2/c1-10-12(8-13-9-14-10)7-11-5-3-2-4-6-11/h2-6,10,12H,7-9H2,1H3. The highest BCUT2D eigenvalue weighted by atomic mass is 16.7. The molecular formula is C12H16O2. The van der Waals surface area contributed by atoms with Crippen LogP contribution >= 0.6 is 0 Å². The number of hydrogen-bond acceptors (Lipinski definition) is 2. The Bertz CT molecular complexity index is 271. The summed E-state index contributed by atoms with van der Waals surface area (Å²) in [6, 6.07) is 10.5. The Morgan fingerprint density at radius 2 is 2.07 bits per heavy atom. The molecule has 1 aliphatic heterocycles. The minimum atomic E-state index is 0.309. The van der Waals surface area contributed by atoms with Crippen molar-refractivity contribution in [1.29, 1.82) is 0 Å². The number of hydrogen-bond donors (Lipinski definition) is 0. The Balaban J connectivity index is 1.96. The topological polar surface area (TPSA) is 18.5 Å². The smallest absolute Gasteiger partial charge is 0.147 e. The normalized spacial score (nSPS) is 27.5. The predicted octanol–water partition coefficient (Wildman–Crippen LogP) is 2.24. The first-order valence-electron chi connectivity index (χ1n) is 5.09. The lowest BCUT2D eigenvalue weighted by molar-refractivity contribution is -0.163. The molecule has 2 unspecified atom stereocenters. The SMILES string of the molecule is CC1OCOCC1Cc1ccccc1. The summed E-state index contributed by atoms with van der Waals surface area (Å²) in [5.74, 6) is 0.492. The van der Waals surface area contributed by atoms with Crippen molar-refractivity contribution in [2.24, 2.45) is 5.92 Å². The van der Waals surface area contributed by atoms with E-state index >= 15 is 0 Å². The van der Waals surface area contributed by atoms with Crippen LogP contribution in [0.15, 0.2) is 30.3 Å². The number of ether oxygens (including phenoxy) is 2. The second-order valence-electron chi connectivity index (χ2n) is 3.81. The maximum absolute atomic E-state index is 5.44. The summed E-state index contributed by atoms with van der Waals surface area (Å²) in [5, 5.41) is 0. The van der Waals surface area contributed by atoms with Crippen LogP contribution in [0.5, 0.6) is 0 Å². The van der Waals surface area contributed by atoms with Crippen LogP contribution in [0.25, 0.3) is 0 Å². The van der Waals surface area contributed by atoms with Gasteiger partial charge in [-0.2, -0.15) is 0 Å². The van der Waals surface area contributed by atoms with Gasteiger partial charge in [-0.25, -0.2) is 0 Å². The van der Waals surface area contributed by atoms with E-state index in [-0.39, 0.29) is 0 Å². The molecule has 0 amide bonds. The van der Waals surface area contributed by atoms with Crippen LogP contribution in [0.3, 0.4) is 0 Å². The molecule has 14 heavy (non-hydrogen) atoms. The molecule has 0 aliphatic carbocycles. The molecule has 2 nitrogen and oxygen atoms in total. The van der Waals surface area contributed by atoms with Gasteiger partial charge in [-0.3, -0.25) is 0 Å². The fourth-order valence-electron chi connectivity index (χ4n) is 1.77. The molecule has 2 rings (SSSR count). The van der Waals surface area contributed by atoms with Gasteiger partial charge in [-0.15, -0.1) is 0 Å². The third kappa shape index (κ3) is 2.34. The van der Waals surface area contributed by atoms with E-state index in [1.54, 1.807) is 0 Å². The van der Waals surface area contributed by atoms with E-state index in [1.807, 2.05) is 6.07 Å². The van der Waals surface area contributed by atoms with Crippen LogP contribution in [0.4, 0.5) is 0 Å². The average molecular weight is 192 g/mol. The zero-order valence-corrected chi connectivity index (χ0v) is 8.48. The molecule has 0 spiro atoms. The van der Waals surface area contributed by atoms with Gasteiger partial charge in [0.1, 0.15) is 6.79 Å². The van der Waals surface area contributed by atoms with Crippen molar-refractivity contribution in [1.82, 2.24) is 0 Å². The van der Waals surface area contributed by atoms with Gasteiger partial charge >= 0.3 is 0 Å². The van der Waals surface area contributed by atoms with Gasteiger partial charge in [0.05, 0.1) is 12.7 Å². The van der Waals surface area contributed by atoms with E-state index in [0.29, 0.717) is 18.8 Å². The molecule has 0 saturated carbocycles. The van der Waals surface area contributed by atoms with Crippen molar-refractivity contribution in [3.8, 4) is 0 Å². The van der Waals surface area contributed by atoms with E-state index in [4.69, 9.17) is 9.47 Å². The van der Waals surface area contributed by atoms with Crippen LogP contribution in [0, 0.1) is 5.92 Å². The van der Waals surface area contributed by atoms with Crippen molar-refractivity contribution in [2.45, 2.75) is 19.4 Å². The first kappa shape index (κ1) is 9.69. The van der Waals surface area contributed by atoms with E-state index in [0.717, 1.165) is 13.0 Å². The third-order valence-electron chi connectivity index (χ3n) is 2.75. The lowest BCUT2D eigenvalue weighted by Crippen LogP contribution is -2.33. The second kappa shape index (κ2) is 4.58. The Morgan fingerprint density at radius 1 is 1.29 bits per heavy atom. The highest BCUT2D eigenvalue weighted by Gasteiger charge is 2.22. The van der Waals surface area contributed by atoms with Crippen molar-refractivity contribution >= 4 is 0 Å². The fourth-order valence-corrected chi connectivity index (χ4v) is 1.77. The molecule has 1 fully saturated rings. The molecule has 2 heteroatoms. The van der Waals surface area contributed by atoms with Gasteiger partial charge in [0.15, 0.2) is 0 Å². The van der Waals surface area contributed by atoms with Gasteiger partial charge in [-0.05, 0) is 18.9 Å². The lowest BCUT2D eigenvalue weighted by atomic mass is 9.95. The summed E-state index contributed by atoms with van der Waals surface area (Å²) in [4.78, 5) is 0. The van der Waals surface area contributed by atoms with Crippen LogP contribution in [0.1, 0.15) is 12.5 Å². The zero-order valence-electron chi connectivity index (χ0n) is 8.48. The molecule has 1 aromatic carbocycles. The van der Waals surface area contributed by atoms with Crippen molar-refractivity contribution in [2.75, 3.05) is 13.4 Å². The molecule has 2 atom stereocenters. The molecule has 0 aromatic heterocycles. The molecule has 1 aromatic rings. The summed E-state index contributed by atoms with van der Waals surface area (Å²) in [6.45, 7) is 3.39. The van der Waals surface area contributed by atoms with Gasteiger partial charge in [-0.1, -0.05) is 30.3 Å². The first-order valence-corrected chi connectivity index (χ1v) is 5.09. The Hall–Kier alpha value is -0.860. The molecule has 0 radical (unpaired) electrons. The Kier molecular flexibility index (Phi) is 3.17. The molecule has 76 valence electrons. The first-order chi connectivity index (χ1) is 6.86. The van der Waals surface area contributed by atoms with Gasteiger partial charge in [0.25, 0.3) is 0 Å². The molecular weight excluding hydrogens is 176 g/mol. The second-order valence-corrected chi connectivity index (χ2v) is 3.81. The zero-order chi connectivity index (χ0) is 9.80. The maximum atomic E-state index is 5.44. The maximum Gasteiger partial charge on any atom is 0.147 e. The molecule has 1 saturated heterocycles. The average Bonchev–Trinajstić information content (AvgIpc) is 2.23. The van der Waals surface area contributed by atoms with Gasteiger partial charge in [0, 0.05) is 5.92 Å². The minimum absolute atomic E-state index is 0.309. The van der Waals surface area contributed by atoms with Gasteiger partial charge in [0.2, 0.25) is 0 Å². The van der Waals surface area contributed by atoms with Crippen molar-refractivity contribution < 1.29 is 9.47 Å². The van der Waals surface area contributed by atoms with E-state index in [9.17, 15) is 0 Å². The quantitative estimate of drug-likeness (QED) is 0.715. The molecule has 1 aliphatic rings. The van der Waals surface area contributed by atoms with Crippen LogP contribution in [-0.2, 0) is 15.9 Å². The van der Waals surface area contributed by atoms with Crippen LogP contribution in [-0.4, -0.2) is 19.5 Å². The van der Waals surface area contributed by atoms with Gasteiger partial charge < -0.3 is 9.47 Å². The number of rotatable bonds is 2. The summed E-state index contributed by atoms with van der Waals surface area (Å²) < 4.78 is 10.7. The van der Waals surface area contributed by atoms with E-state index < -0.39 is 0 Å². The Labute approximate surface area is 84.8 Å². The summed E-state index contributed by atoms with van der Waals surface area (Å²) in [6.07, 6.45) is 1.35. The van der Waals surface area contributed by atoms with E-state index in [1.165, 1.54) is 5.56 Å². The summed E-state index contributed by atoms with van der Waals surface area (Å²) >= 11 is 0. The van der Waals surface area contributed by atoms with Crippen LogP contribution in [0.2, 0.25) is 0 Å². The molecule has 0 bridgehead atoms. The molecule has 1 heterocycles. The minimum Gasteiger partial charge on any atom is -0.355 e. The lowest BCUT2D eigenvalue weighted by Gasteiger charge is -2.29. The van der Waals surface area contributed by atoms with E-state index in [2.05, 4.69) is 31.2 Å². The van der Waals surface area contributed by atoms with Crippen molar-refractivity contribution in [3.63, 3.8) is 0 Å². The highest BCUT2D eigenvalue weighted by molar-refractivity contribution is 5.15. The largest absolute Gasteiger partial charge is 0.355 e. The predicted molar refractivity (Wildman–Crippen MR) is 55.0 cm³/mol. The highest BCUT2D eigenvalue weighted by Crippen LogP contribution is 2.18. The Morgan fingerprint density at radius 3 is 2.79 bits per heavy atom.